The summed E-state index contributed by atoms with van der Waals surface area (Å²) in [5, 5.41) is 13.0. The van der Waals surface area contributed by atoms with Crippen molar-refractivity contribution in [1.82, 2.24) is 0 Å². The molecule has 0 atom stereocenters. The second kappa shape index (κ2) is 6.57. The minimum Gasteiger partial charge on any atom is -0.320 e. The fourth-order valence-corrected chi connectivity index (χ4v) is 1.73. The second-order valence-corrected chi connectivity index (χ2v) is 4.24. The quantitative estimate of drug-likeness (QED) is 0.533. The summed E-state index contributed by atoms with van der Waals surface area (Å²) in [5.41, 5.74) is -0.247. The molecular formula is C15H10F2N2O3. The van der Waals surface area contributed by atoms with Crippen LogP contribution in [0.4, 0.5) is 20.2 Å². The number of nitro benzene ring substituents is 1. The van der Waals surface area contributed by atoms with Crippen LogP contribution in [0.1, 0.15) is 5.56 Å². The first kappa shape index (κ1) is 15.3. The molecule has 0 aromatic heterocycles. The van der Waals surface area contributed by atoms with E-state index < -0.39 is 22.5 Å². The first-order valence-corrected chi connectivity index (χ1v) is 6.15. The highest BCUT2D eigenvalue weighted by Gasteiger charge is 2.11. The maximum Gasteiger partial charge on any atom is 0.276 e. The number of para-hydroxylation sites is 1. The Hall–Kier alpha value is -3.09. The molecule has 1 N–H and O–H groups in total. The number of nitro groups is 1. The molecular weight excluding hydrogens is 294 g/mol. The Morgan fingerprint density at radius 3 is 2.59 bits per heavy atom. The molecule has 0 aliphatic rings. The number of hydrogen-bond acceptors (Lipinski definition) is 3. The van der Waals surface area contributed by atoms with Crippen molar-refractivity contribution in [3.8, 4) is 0 Å². The van der Waals surface area contributed by atoms with E-state index >= 15 is 0 Å². The van der Waals surface area contributed by atoms with E-state index in [0.717, 1.165) is 12.1 Å². The lowest BCUT2D eigenvalue weighted by Crippen LogP contribution is -2.10. The van der Waals surface area contributed by atoms with Gasteiger partial charge in [0.05, 0.1) is 16.2 Å². The van der Waals surface area contributed by atoms with E-state index in [-0.39, 0.29) is 16.9 Å². The van der Waals surface area contributed by atoms with E-state index in [1.807, 2.05) is 0 Å². The van der Waals surface area contributed by atoms with Gasteiger partial charge in [-0.3, -0.25) is 14.9 Å². The van der Waals surface area contributed by atoms with Crippen LogP contribution in [0, 0.1) is 21.7 Å². The van der Waals surface area contributed by atoms with E-state index in [4.69, 9.17) is 0 Å². The minimum absolute atomic E-state index is 0.163. The molecule has 0 bridgehead atoms. The molecule has 0 unspecified atom stereocenters. The average Bonchev–Trinajstić information content (AvgIpc) is 2.50. The highest BCUT2D eigenvalue weighted by molar-refractivity contribution is 6.02. The zero-order chi connectivity index (χ0) is 16.1. The normalized spacial score (nSPS) is 10.6. The molecule has 0 spiro atoms. The molecule has 2 rings (SSSR count). The first-order valence-electron chi connectivity index (χ1n) is 6.15. The van der Waals surface area contributed by atoms with Gasteiger partial charge in [0.15, 0.2) is 11.6 Å². The molecule has 0 saturated carbocycles. The number of nitrogens with zero attached hydrogens (tertiary/aromatic N) is 1. The van der Waals surface area contributed by atoms with Crippen LogP contribution in [0.2, 0.25) is 0 Å². The van der Waals surface area contributed by atoms with Crippen molar-refractivity contribution in [3.05, 3.63) is 75.9 Å². The Labute approximate surface area is 124 Å². The van der Waals surface area contributed by atoms with Gasteiger partial charge in [-0.2, -0.15) is 0 Å². The molecule has 0 saturated heterocycles. The van der Waals surface area contributed by atoms with Gasteiger partial charge in [-0.15, -0.1) is 0 Å². The van der Waals surface area contributed by atoms with E-state index in [0.29, 0.717) is 0 Å². The van der Waals surface area contributed by atoms with Crippen LogP contribution in [0.25, 0.3) is 6.08 Å². The molecule has 0 heterocycles. The zero-order valence-corrected chi connectivity index (χ0v) is 11.1. The molecule has 112 valence electrons. The number of nitrogens with one attached hydrogen (secondary N) is 1. The smallest absolute Gasteiger partial charge is 0.276 e. The van der Waals surface area contributed by atoms with Gasteiger partial charge in [-0.25, -0.2) is 8.78 Å². The summed E-state index contributed by atoms with van der Waals surface area (Å²) in [4.78, 5) is 21.9. The van der Waals surface area contributed by atoms with Gasteiger partial charge >= 0.3 is 0 Å². The molecule has 22 heavy (non-hydrogen) atoms. The van der Waals surface area contributed by atoms with Gasteiger partial charge in [0.25, 0.3) is 5.69 Å². The van der Waals surface area contributed by atoms with E-state index in [2.05, 4.69) is 5.32 Å². The Morgan fingerprint density at radius 1 is 1.14 bits per heavy atom. The monoisotopic (exact) mass is 304 g/mol. The third-order valence-corrected chi connectivity index (χ3v) is 2.76. The van der Waals surface area contributed by atoms with Crippen LogP contribution >= 0.6 is 0 Å². The molecule has 2 aromatic carbocycles. The highest BCUT2D eigenvalue weighted by atomic mass is 19.2. The van der Waals surface area contributed by atoms with Crippen molar-refractivity contribution in [2.45, 2.75) is 0 Å². The summed E-state index contributed by atoms with van der Waals surface area (Å²) < 4.78 is 26.4. The Bertz CT molecular complexity index is 760. The number of benzene rings is 2. The molecule has 0 aliphatic carbocycles. The summed E-state index contributed by atoms with van der Waals surface area (Å²) >= 11 is 0. The largest absolute Gasteiger partial charge is 0.320 e. The molecule has 0 radical (unpaired) electrons. The van der Waals surface area contributed by atoms with Crippen LogP contribution in [0.3, 0.4) is 0 Å². The Kier molecular flexibility index (Phi) is 4.57. The molecule has 0 aliphatic heterocycles. The SMILES string of the molecule is O=C(C=Cc1ccccc1[N+](=O)[O-])Nc1cccc(F)c1F. The number of hydrogen-bond donors (Lipinski definition) is 1. The van der Waals surface area contributed by atoms with Gasteiger partial charge in [-0.1, -0.05) is 18.2 Å². The average molecular weight is 304 g/mol. The van der Waals surface area contributed by atoms with Crippen molar-refractivity contribution in [1.29, 1.82) is 0 Å². The highest BCUT2D eigenvalue weighted by Crippen LogP contribution is 2.19. The summed E-state index contributed by atoms with van der Waals surface area (Å²) in [5.74, 6) is -2.99. The van der Waals surface area contributed by atoms with Crippen LogP contribution < -0.4 is 5.32 Å². The summed E-state index contributed by atoms with van der Waals surface area (Å²) in [6.07, 6.45) is 2.23. The van der Waals surface area contributed by atoms with Crippen molar-refractivity contribution in [2.75, 3.05) is 5.32 Å². The zero-order valence-electron chi connectivity index (χ0n) is 11.1. The van der Waals surface area contributed by atoms with E-state index in [1.54, 1.807) is 6.07 Å². The summed E-state index contributed by atoms with van der Waals surface area (Å²) in [7, 11) is 0. The summed E-state index contributed by atoms with van der Waals surface area (Å²) in [6.45, 7) is 0. The lowest BCUT2D eigenvalue weighted by Gasteiger charge is -2.04. The van der Waals surface area contributed by atoms with Crippen molar-refractivity contribution >= 4 is 23.4 Å². The molecule has 2 aromatic rings. The van der Waals surface area contributed by atoms with E-state index in [1.165, 1.54) is 36.4 Å². The van der Waals surface area contributed by atoms with Gasteiger partial charge < -0.3 is 5.32 Å². The molecule has 1 amide bonds. The predicted molar refractivity (Wildman–Crippen MR) is 77.1 cm³/mol. The van der Waals surface area contributed by atoms with Crippen molar-refractivity contribution < 1.29 is 18.5 Å². The van der Waals surface area contributed by atoms with Gasteiger partial charge in [0.2, 0.25) is 5.91 Å². The van der Waals surface area contributed by atoms with Crippen LogP contribution in [-0.4, -0.2) is 10.8 Å². The lowest BCUT2D eigenvalue weighted by molar-refractivity contribution is -0.385. The fourth-order valence-electron chi connectivity index (χ4n) is 1.73. The number of halogens is 2. The molecule has 5 nitrogen and oxygen atoms in total. The van der Waals surface area contributed by atoms with Crippen LogP contribution in [-0.2, 0) is 4.79 Å². The predicted octanol–water partition coefficient (Wildman–Crippen LogP) is 3.52. The lowest BCUT2D eigenvalue weighted by atomic mass is 10.1. The number of carbonyl (C=O) groups excluding carboxylic acids is 1. The first-order chi connectivity index (χ1) is 10.5. The number of carbonyl (C=O) groups is 1. The maximum atomic E-state index is 13.4. The third-order valence-electron chi connectivity index (χ3n) is 2.76. The molecule has 0 fully saturated rings. The second-order valence-electron chi connectivity index (χ2n) is 4.24. The van der Waals surface area contributed by atoms with Gasteiger partial charge in [-0.05, 0) is 24.3 Å². The molecule has 7 heteroatoms. The van der Waals surface area contributed by atoms with Crippen LogP contribution in [0.15, 0.2) is 48.5 Å². The topological polar surface area (TPSA) is 72.2 Å². The number of rotatable bonds is 4. The fraction of sp³-hybridized carbons (Fsp3) is 0. The maximum absolute atomic E-state index is 13.4. The Balaban J connectivity index is 2.16. The van der Waals surface area contributed by atoms with Gasteiger partial charge in [0.1, 0.15) is 0 Å². The standard InChI is InChI=1S/C15H10F2N2O3/c16-11-5-3-6-12(15(11)17)18-14(20)9-8-10-4-1-2-7-13(10)19(21)22/h1-9H,(H,18,20). The number of anilines is 1. The third kappa shape index (κ3) is 3.51. The Morgan fingerprint density at radius 2 is 1.86 bits per heavy atom. The van der Waals surface area contributed by atoms with Crippen molar-refractivity contribution in [3.63, 3.8) is 0 Å². The van der Waals surface area contributed by atoms with Crippen LogP contribution in [0.5, 0.6) is 0 Å². The van der Waals surface area contributed by atoms with Gasteiger partial charge in [0, 0.05) is 12.1 Å². The number of amides is 1. The van der Waals surface area contributed by atoms with E-state index in [9.17, 15) is 23.7 Å². The summed E-state index contributed by atoms with van der Waals surface area (Å²) in [6, 6.07) is 9.21. The minimum atomic E-state index is -1.17. The van der Waals surface area contributed by atoms with Crippen molar-refractivity contribution in [2.24, 2.45) is 0 Å².